The van der Waals surface area contributed by atoms with Crippen molar-refractivity contribution in [2.24, 2.45) is 11.7 Å². The van der Waals surface area contributed by atoms with E-state index in [2.05, 4.69) is 5.32 Å². The maximum absolute atomic E-state index is 12.9. The van der Waals surface area contributed by atoms with Gasteiger partial charge < -0.3 is 20.5 Å². The first-order valence-electron chi connectivity index (χ1n) is 15.9. The highest BCUT2D eigenvalue weighted by molar-refractivity contribution is 5.89. The second-order valence-electron chi connectivity index (χ2n) is 12.3. The molecule has 0 radical (unpaired) electrons. The molecular weight excluding hydrogens is 528 g/mol. The molecule has 0 heterocycles. The molecule has 7 nitrogen and oxygen atoms in total. The minimum absolute atomic E-state index is 0.0539. The number of hydrogen-bond donors (Lipinski definition) is 2. The number of carbonyl (C=O) groups excluding carboxylic acids is 3. The summed E-state index contributed by atoms with van der Waals surface area (Å²) >= 11 is 0. The molecule has 3 fully saturated rings. The Morgan fingerprint density at radius 3 is 1.62 bits per heavy atom. The van der Waals surface area contributed by atoms with Crippen LogP contribution < -0.4 is 11.1 Å². The normalized spacial score (nSPS) is 19.8. The number of amides is 1. The van der Waals surface area contributed by atoms with Crippen molar-refractivity contribution in [3.63, 3.8) is 0 Å². The lowest BCUT2D eigenvalue weighted by molar-refractivity contribution is -0.157. The van der Waals surface area contributed by atoms with E-state index in [0.717, 1.165) is 81.8 Å². The molecule has 7 heteroatoms. The Hall–Kier alpha value is -3.19. The third-order valence-electron chi connectivity index (χ3n) is 9.01. The average Bonchev–Trinajstić information content (AvgIpc) is 3.05. The molecule has 0 spiro atoms. The SMILES string of the molecule is NC1(C(=O)OCc2ccccc2)CCCCC1.O=C(NC1(C(=O)OCc2ccccc2)CCCCC1)C1CCCCC1. The third kappa shape index (κ3) is 9.15. The minimum atomic E-state index is -0.818. The lowest BCUT2D eigenvalue weighted by Gasteiger charge is -2.37. The third-order valence-corrected chi connectivity index (χ3v) is 9.01. The predicted molar refractivity (Wildman–Crippen MR) is 163 cm³/mol. The monoisotopic (exact) mass is 576 g/mol. The number of ether oxygens (including phenoxy) is 2. The van der Waals surface area contributed by atoms with E-state index < -0.39 is 11.1 Å². The second-order valence-corrected chi connectivity index (χ2v) is 12.3. The Balaban J connectivity index is 0.000000208. The molecule has 5 rings (SSSR count). The minimum Gasteiger partial charge on any atom is -0.459 e. The van der Waals surface area contributed by atoms with Gasteiger partial charge in [0.2, 0.25) is 5.91 Å². The Morgan fingerprint density at radius 1 is 0.643 bits per heavy atom. The van der Waals surface area contributed by atoms with Crippen LogP contribution in [-0.4, -0.2) is 28.9 Å². The van der Waals surface area contributed by atoms with Crippen LogP contribution in [0.5, 0.6) is 0 Å². The van der Waals surface area contributed by atoms with Gasteiger partial charge in [-0.05, 0) is 49.7 Å². The summed E-state index contributed by atoms with van der Waals surface area (Å²) in [5.41, 5.74) is 6.50. The van der Waals surface area contributed by atoms with E-state index >= 15 is 0 Å². The predicted octanol–water partition coefficient (Wildman–Crippen LogP) is 6.52. The van der Waals surface area contributed by atoms with E-state index in [1.54, 1.807) is 0 Å². The van der Waals surface area contributed by atoms with Crippen molar-refractivity contribution in [3.8, 4) is 0 Å². The zero-order chi connectivity index (χ0) is 29.7. The number of esters is 2. The maximum atomic E-state index is 12.9. The lowest BCUT2D eigenvalue weighted by Crippen LogP contribution is -2.57. The Kier molecular flexibility index (Phi) is 12.0. The molecule has 0 atom stereocenters. The molecule has 3 aliphatic rings. The second kappa shape index (κ2) is 15.9. The maximum Gasteiger partial charge on any atom is 0.332 e. The van der Waals surface area contributed by atoms with Gasteiger partial charge in [0, 0.05) is 5.92 Å². The van der Waals surface area contributed by atoms with Crippen molar-refractivity contribution in [1.82, 2.24) is 5.32 Å². The van der Waals surface area contributed by atoms with E-state index in [1.165, 1.54) is 12.8 Å². The van der Waals surface area contributed by atoms with Gasteiger partial charge >= 0.3 is 11.9 Å². The van der Waals surface area contributed by atoms with Gasteiger partial charge in [0.25, 0.3) is 0 Å². The number of benzene rings is 2. The molecule has 2 aromatic carbocycles. The summed E-state index contributed by atoms with van der Waals surface area (Å²) in [6.45, 7) is 0.583. The van der Waals surface area contributed by atoms with Gasteiger partial charge in [-0.25, -0.2) is 4.79 Å². The van der Waals surface area contributed by atoms with Crippen molar-refractivity contribution in [2.45, 2.75) is 121 Å². The molecule has 42 heavy (non-hydrogen) atoms. The highest BCUT2D eigenvalue weighted by atomic mass is 16.5. The van der Waals surface area contributed by atoms with Crippen LogP contribution in [-0.2, 0) is 37.1 Å². The fourth-order valence-electron chi connectivity index (χ4n) is 6.35. The van der Waals surface area contributed by atoms with Gasteiger partial charge in [-0.2, -0.15) is 0 Å². The van der Waals surface area contributed by atoms with Crippen LogP contribution in [0.3, 0.4) is 0 Å². The summed E-state index contributed by atoms with van der Waals surface area (Å²) in [5, 5.41) is 3.12. The smallest absolute Gasteiger partial charge is 0.332 e. The van der Waals surface area contributed by atoms with Crippen LogP contribution in [0.15, 0.2) is 60.7 Å². The van der Waals surface area contributed by atoms with E-state index in [4.69, 9.17) is 15.2 Å². The van der Waals surface area contributed by atoms with Crippen molar-refractivity contribution in [3.05, 3.63) is 71.8 Å². The standard InChI is InChI=1S/C21H29NO3.C14H19NO2/c23-19(18-12-6-2-7-13-18)22-21(14-8-3-9-15-21)20(24)25-16-17-10-4-1-5-11-17;15-14(9-5-2-6-10-14)13(16)17-11-12-7-3-1-4-8-12/h1,4-5,10-11,18H,2-3,6-9,12-16H2,(H,22,23);1,3-4,7-8H,2,5-6,9-11,15H2. The molecule has 228 valence electrons. The highest BCUT2D eigenvalue weighted by Crippen LogP contribution is 2.32. The van der Waals surface area contributed by atoms with Crippen LogP contribution in [0.1, 0.15) is 107 Å². The Labute approximate surface area is 250 Å². The molecule has 1 amide bonds. The van der Waals surface area contributed by atoms with Gasteiger partial charge in [0.05, 0.1) is 0 Å². The molecule has 3 N–H and O–H groups in total. The van der Waals surface area contributed by atoms with E-state index in [9.17, 15) is 14.4 Å². The number of nitrogens with one attached hydrogen (secondary N) is 1. The zero-order valence-electron chi connectivity index (χ0n) is 25.0. The summed E-state index contributed by atoms with van der Waals surface area (Å²) < 4.78 is 10.9. The molecule has 3 aliphatic carbocycles. The molecule has 3 saturated carbocycles. The molecule has 0 saturated heterocycles. The van der Waals surface area contributed by atoms with E-state index in [0.29, 0.717) is 19.4 Å². The first-order valence-corrected chi connectivity index (χ1v) is 15.9. The molecule has 0 unspecified atom stereocenters. The van der Waals surface area contributed by atoms with Crippen LogP contribution in [0.4, 0.5) is 0 Å². The van der Waals surface area contributed by atoms with Gasteiger partial charge in [0.1, 0.15) is 24.3 Å². The lowest BCUT2D eigenvalue weighted by atomic mass is 9.80. The first kappa shape index (κ1) is 31.7. The summed E-state index contributed by atoms with van der Waals surface area (Å²) in [7, 11) is 0. The van der Waals surface area contributed by atoms with Gasteiger partial charge in [-0.15, -0.1) is 0 Å². The Bertz CT molecular complexity index is 1120. The molecule has 0 aliphatic heterocycles. The molecule has 2 aromatic rings. The number of nitrogens with two attached hydrogens (primary N) is 1. The zero-order valence-corrected chi connectivity index (χ0v) is 25.0. The van der Waals surface area contributed by atoms with Crippen molar-refractivity contribution in [1.29, 1.82) is 0 Å². The summed E-state index contributed by atoms with van der Waals surface area (Å²) in [6, 6.07) is 19.4. The van der Waals surface area contributed by atoms with Gasteiger partial charge in [-0.1, -0.05) is 118 Å². The van der Waals surface area contributed by atoms with Crippen LogP contribution >= 0.6 is 0 Å². The summed E-state index contributed by atoms with van der Waals surface area (Å²) in [6.07, 6.45) is 14.5. The number of rotatable bonds is 8. The topological polar surface area (TPSA) is 108 Å². The fourth-order valence-corrected chi connectivity index (χ4v) is 6.35. The molecule has 0 aromatic heterocycles. The van der Waals surface area contributed by atoms with Crippen LogP contribution in [0.25, 0.3) is 0 Å². The van der Waals surface area contributed by atoms with E-state index in [1.807, 2.05) is 60.7 Å². The van der Waals surface area contributed by atoms with Gasteiger partial charge in [-0.3, -0.25) is 9.59 Å². The Morgan fingerprint density at radius 2 is 1.10 bits per heavy atom. The summed E-state index contributed by atoms with van der Waals surface area (Å²) in [5.74, 6) is -0.394. The van der Waals surface area contributed by atoms with E-state index in [-0.39, 0.29) is 30.4 Å². The van der Waals surface area contributed by atoms with Crippen LogP contribution in [0, 0.1) is 5.92 Å². The average molecular weight is 577 g/mol. The highest BCUT2D eigenvalue weighted by Gasteiger charge is 2.43. The number of hydrogen-bond acceptors (Lipinski definition) is 6. The van der Waals surface area contributed by atoms with Crippen molar-refractivity contribution in [2.75, 3.05) is 0 Å². The largest absolute Gasteiger partial charge is 0.459 e. The fraction of sp³-hybridized carbons (Fsp3) is 0.571. The summed E-state index contributed by atoms with van der Waals surface area (Å²) in [4.78, 5) is 37.6. The quantitative estimate of drug-likeness (QED) is 0.347. The van der Waals surface area contributed by atoms with Crippen LogP contribution in [0.2, 0.25) is 0 Å². The molecule has 0 bridgehead atoms. The first-order chi connectivity index (χ1) is 20.4. The van der Waals surface area contributed by atoms with Gasteiger partial charge in [0.15, 0.2) is 0 Å². The van der Waals surface area contributed by atoms with Crippen molar-refractivity contribution >= 4 is 17.8 Å². The van der Waals surface area contributed by atoms with Crippen molar-refractivity contribution < 1.29 is 23.9 Å². The number of carbonyl (C=O) groups is 3. The molecular formula is C35H48N2O5.